The second-order valence-electron chi connectivity index (χ2n) is 5.26. The molecule has 21 heavy (non-hydrogen) atoms. The molecule has 0 saturated carbocycles. The fourth-order valence-corrected chi connectivity index (χ4v) is 2.90. The highest BCUT2D eigenvalue weighted by Gasteiger charge is 2.09. The number of rotatable bonds is 0. The van der Waals surface area contributed by atoms with Gasteiger partial charge in [0.05, 0.1) is 27.6 Å². The zero-order chi connectivity index (χ0) is 14.0. The quantitative estimate of drug-likeness (QED) is 0.454. The van der Waals surface area contributed by atoms with Gasteiger partial charge >= 0.3 is 0 Å². The van der Waals surface area contributed by atoms with Crippen LogP contribution in [-0.2, 0) is 0 Å². The minimum absolute atomic E-state index is 0.788. The van der Waals surface area contributed by atoms with Gasteiger partial charge in [-0.1, -0.05) is 18.2 Å². The van der Waals surface area contributed by atoms with Gasteiger partial charge in [0.1, 0.15) is 5.82 Å². The third-order valence-corrected chi connectivity index (χ3v) is 3.84. The number of nitrogens with one attached hydrogen (secondary N) is 2. The fraction of sp³-hybridized carbons (Fsp3) is 0.0625. The van der Waals surface area contributed by atoms with Gasteiger partial charge in [-0.3, -0.25) is 0 Å². The minimum Gasteiger partial charge on any atom is -0.350 e. The lowest BCUT2D eigenvalue weighted by molar-refractivity contribution is 1.17. The van der Waals surface area contributed by atoms with Crippen molar-refractivity contribution in [3.8, 4) is 0 Å². The first-order valence-electron chi connectivity index (χ1n) is 6.82. The zero-order valence-corrected chi connectivity index (χ0v) is 11.3. The molecule has 0 spiro atoms. The molecule has 2 aromatic carbocycles. The molecule has 0 fully saturated rings. The van der Waals surface area contributed by atoms with Crippen LogP contribution in [0.1, 0.15) is 5.82 Å². The molecule has 0 atom stereocenters. The number of imidazole rings is 1. The van der Waals surface area contributed by atoms with Crippen LogP contribution in [0.3, 0.4) is 0 Å². The third kappa shape index (κ3) is 1.43. The van der Waals surface area contributed by atoms with Gasteiger partial charge in [0.15, 0.2) is 5.65 Å². The van der Waals surface area contributed by atoms with Crippen molar-refractivity contribution in [2.75, 3.05) is 0 Å². The Morgan fingerprint density at radius 2 is 1.62 bits per heavy atom. The van der Waals surface area contributed by atoms with E-state index in [1.807, 2.05) is 31.2 Å². The summed E-state index contributed by atoms with van der Waals surface area (Å²) in [6.45, 7) is 1.90. The van der Waals surface area contributed by atoms with E-state index in [0.29, 0.717) is 0 Å². The summed E-state index contributed by atoms with van der Waals surface area (Å²) in [5.41, 5.74) is 6.61. The van der Waals surface area contributed by atoms with Gasteiger partial charge in [-0.25, -0.2) is 15.0 Å². The highest BCUT2D eigenvalue weighted by Crippen LogP contribution is 2.26. The molecule has 5 rings (SSSR count). The summed E-state index contributed by atoms with van der Waals surface area (Å²) in [5.74, 6) is 0.788. The van der Waals surface area contributed by atoms with E-state index in [2.05, 4.69) is 32.1 Å². The van der Waals surface area contributed by atoms with Gasteiger partial charge in [-0.05, 0) is 25.1 Å². The summed E-state index contributed by atoms with van der Waals surface area (Å²) >= 11 is 0. The van der Waals surface area contributed by atoms with Gasteiger partial charge in [0, 0.05) is 10.9 Å². The van der Waals surface area contributed by atoms with E-state index in [-0.39, 0.29) is 0 Å². The van der Waals surface area contributed by atoms with E-state index in [1.54, 1.807) is 0 Å². The van der Waals surface area contributed by atoms with E-state index in [9.17, 15) is 0 Å². The largest absolute Gasteiger partial charge is 0.350 e. The molecular formula is C16H11N5. The third-order valence-electron chi connectivity index (χ3n) is 3.84. The Hall–Kier alpha value is -2.95. The van der Waals surface area contributed by atoms with Crippen LogP contribution in [0, 0.1) is 6.92 Å². The van der Waals surface area contributed by atoms with E-state index in [1.165, 1.54) is 0 Å². The predicted octanol–water partition coefficient (Wildman–Crippen LogP) is 3.45. The second-order valence-corrected chi connectivity index (χ2v) is 5.26. The normalized spacial score (nSPS) is 12.0. The molecule has 0 bridgehead atoms. The Bertz CT molecular complexity index is 1150. The molecule has 5 heteroatoms. The Balaban J connectivity index is 1.98. The molecule has 0 unspecified atom stereocenters. The molecule has 3 heterocycles. The van der Waals surface area contributed by atoms with Crippen LogP contribution >= 0.6 is 0 Å². The minimum atomic E-state index is 0.788. The molecule has 0 aliphatic rings. The van der Waals surface area contributed by atoms with Crippen molar-refractivity contribution in [1.29, 1.82) is 0 Å². The number of aromatic nitrogens is 5. The van der Waals surface area contributed by atoms with Crippen molar-refractivity contribution < 1.29 is 0 Å². The number of H-pyrrole nitrogens is 2. The molecule has 2 N–H and O–H groups in total. The number of hydrogen-bond acceptors (Lipinski definition) is 3. The van der Waals surface area contributed by atoms with Crippen LogP contribution in [-0.4, -0.2) is 24.9 Å². The average Bonchev–Trinajstić information content (AvgIpc) is 3.01. The number of benzene rings is 2. The Labute approximate surface area is 119 Å². The average molecular weight is 273 g/mol. The van der Waals surface area contributed by atoms with Crippen LogP contribution in [0.2, 0.25) is 0 Å². The SMILES string of the molecule is Cc1nc2cc3nc4[nH]c5ccccc5c4[nH]c3cc2n1. The maximum atomic E-state index is 4.72. The fourth-order valence-electron chi connectivity index (χ4n) is 2.90. The van der Waals surface area contributed by atoms with Crippen molar-refractivity contribution in [3.05, 3.63) is 42.2 Å². The first-order valence-corrected chi connectivity index (χ1v) is 6.82. The van der Waals surface area contributed by atoms with Crippen molar-refractivity contribution >= 4 is 44.1 Å². The Morgan fingerprint density at radius 1 is 0.810 bits per heavy atom. The summed E-state index contributed by atoms with van der Waals surface area (Å²) in [5, 5.41) is 1.15. The molecule has 0 radical (unpaired) electrons. The van der Waals surface area contributed by atoms with Gasteiger partial charge < -0.3 is 9.97 Å². The van der Waals surface area contributed by atoms with E-state index < -0.39 is 0 Å². The summed E-state index contributed by atoms with van der Waals surface area (Å²) in [6.07, 6.45) is 0. The maximum Gasteiger partial charge on any atom is 0.155 e. The van der Waals surface area contributed by atoms with Crippen LogP contribution in [0.25, 0.3) is 44.1 Å². The Kier molecular flexibility index (Phi) is 1.84. The Morgan fingerprint density at radius 3 is 2.52 bits per heavy atom. The van der Waals surface area contributed by atoms with E-state index in [4.69, 9.17) is 4.98 Å². The highest BCUT2D eigenvalue weighted by atomic mass is 14.9. The van der Waals surface area contributed by atoms with Gasteiger partial charge in [0.2, 0.25) is 0 Å². The summed E-state index contributed by atoms with van der Waals surface area (Å²) in [6, 6.07) is 12.2. The van der Waals surface area contributed by atoms with Crippen molar-refractivity contribution in [3.63, 3.8) is 0 Å². The molecule has 0 aliphatic carbocycles. The lowest BCUT2D eigenvalue weighted by atomic mass is 10.2. The van der Waals surface area contributed by atoms with E-state index in [0.717, 1.165) is 50.0 Å². The van der Waals surface area contributed by atoms with E-state index >= 15 is 0 Å². The summed E-state index contributed by atoms with van der Waals surface area (Å²) in [4.78, 5) is 20.4. The monoisotopic (exact) mass is 273 g/mol. The van der Waals surface area contributed by atoms with Crippen LogP contribution in [0.4, 0.5) is 0 Å². The van der Waals surface area contributed by atoms with Gasteiger partial charge in [-0.15, -0.1) is 0 Å². The molecule has 5 nitrogen and oxygen atoms in total. The second kappa shape index (κ2) is 3.58. The van der Waals surface area contributed by atoms with Gasteiger partial charge in [0.25, 0.3) is 0 Å². The summed E-state index contributed by atoms with van der Waals surface area (Å²) < 4.78 is 0. The van der Waals surface area contributed by atoms with Gasteiger partial charge in [-0.2, -0.15) is 0 Å². The molecule has 100 valence electrons. The standard InChI is InChI=1S/C16H11N5/c1-8-17-11-6-13-14(7-12(11)18-8)21-16-15(19-13)9-4-2-3-5-10(9)20-16/h2-7,19-20H,1H3. The topological polar surface area (TPSA) is 70.2 Å². The zero-order valence-electron chi connectivity index (χ0n) is 11.3. The molecule has 0 amide bonds. The molecule has 0 saturated heterocycles. The summed E-state index contributed by atoms with van der Waals surface area (Å²) in [7, 11) is 0. The molecule has 0 aliphatic heterocycles. The number of fused-ring (bicyclic) bond motifs is 5. The van der Waals surface area contributed by atoms with Crippen molar-refractivity contribution in [1.82, 2.24) is 24.9 Å². The first-order chi connectivity index (χ1) is 10.3. The number of aromatic amines is 2. The number of hydrogen-bond donors (Lipinski definition) is 2. The van der Waals surface area contributed by atoms with Crippen molar-refractivity contribution in [2.24, 2.45) is 0 Å². The molecular weight excluding hydrogens is 262 g/mol. The lowest BCUT2D eigenvalue weighted by Crippen LogP contribution is -1.86. The van der Waals surface area contributed by atoms with Crippen molar-refractivity contribution in [2.45, 2.75) is 6.92 Å². The first kappa shape index (κ1) is 10.8. The smallest absolute Gasteiger partial charge is 0.155 e. The number of aryl methyl sites for hydroxylation is 1. The highest BCUT2D eigenvalue weighted by molar-refractivity contribution is 6.06. The number of para-hydroxylation sites is 1. The lowest BCUT2D eigenvalue weighted by Gasteiger charge is -1.99. The maximum absolute atomic E-state index is 4.72. The predicted molar refractivity (Wildman–Crippen MR) is 83.3 cm³/mol. The van der Waals surface area contributed by atoms with Crippen LogP contribution in [0.5, 0.6) is 0 Å². The number of nitrogens with zero attached hydrogens (tertiary/aromatic N) is 3. The van der Waals surface area contributed by atoms with Crippen LogP contribution in [0.15, 0.2) is 36.4 Å². The molecule has 5 aromatic rings. The van der Waals surface area contributed by atoms with Crippen LogP contribution < -0.4 is 0 Å². The molecule has 3 aromatic heterocycles.